The summed E-state index contributed by atoms with van der Waals surface area (Å²) in [7, 11) is 1.61. The largest absolute Gasteiger partial charge is 0.467 e. The highest BCUT2D eigenvalue weighted by molar-refractivity contribution is 5.54. The Morgan fingerprint density at radius 3 is 2.53 bits per heavy atom. The normalized spacial score (nSPS) is 10.7. The van der Waals surface area contributed by atoms with Crippen molar-refractivity contribution in [1.82, 2.24) is 0 Å². The standard InChI is InChI=1S/C12H19NO2/c1-8(2)10-6-11(13)9(3)5-12(10)15-7-14-4/h5-6,8H,7,13H2,1-4H3. The van der Waals surface area contributed by atoms with Gasteiger partial charge in [0.15, 0.2) is 6.79 Å². The Labute approximate surface area is 91.2 Å². The molecule has 0 spiro atoms. The summed E-state index contributed by atoms with van der Waals surface area (Å²) in [6.45, 7) is 6.47. The van der Waals surface area contributed by atoms with E-state index in [0.29, 0.717) is 5.92 Å². The van der Waals surface area contributed by atoms with Gasteiger partial charge in [-0.3, -0.25) is 0 Å². The van der Waals surface area contributed by atoms with Crippen LogP contribution in [0.25, 0.3) is 0 Å². The maximum absolute atomic E-state index is 5.87. The van der Waals surface area contributed by atoms with Crippen LogP contribution in [0.15, 0.2) is 12.1 Å². The fourth-order valence-electron chi connectivity index (χ4n) is 1.41. The van der Waals surface area contributed by atoms with Crippen LogP contribution in [0.1, 0.15) is 30.9 Å². The van der Waals surface area contributed by atoms with Gasteiger partial charge in [0.2, 0.25) is 0 Å². The van der Waals surface area contributed by atoms with E-state index in [1.165, 1.54) is 0 Å². The quantitative estimate of drug-likeness (QED) is 0.612. The lowest BCUT2D eigenvalue weighted by Gasteiger charge is -2.15. The first kappa shape index (κ1) is 11.9. The highest BCUT2D eigenvalue weighted by Gasteiger charge is 2.10. The van der Waals surface area contributed by atoms with E-state index < -0.39 is 0 Å². The summed E-state index contributed by atoms with van der Waals surface area (Å²) in [5.74, 6) is 1.25. The number of hydrogen-bond acceptors (Lipinski definition) is 3. The summed E-state index contributed by atoms with van der Waals surface area (Å²) in [6.07, 6.45) is 0. The van der Waals surface area contributed by atoms with Gasteiger partial charge in [-0.25, -0.2) is 0 Å². The third-order valence-corrected chi connectivity index (χ3v) is 2.35. The molecule has 0 atom stereocenters. The molecule has 0 aromatic heterocycles. The van der Waals surface area contributed by atoms with Gasteiger partial charge in [0.1, 0.15) is 5.75 Å². The number of methoxy groups -OCH3 is 1. The molecule has 0 aliphatic heterocycles. The summed E-state index contributed by atoms with van der Waals surface area (Å²) < 4.78 is 10.4. The molecule has 84 valence electrons. The van der Waals surface area contributed by atoms with Gasteiger partial charge in [-0.2, -0.15) is 0 Å². The number of benzene rings is 1. The van der Waals surface area contributed by atoms with Gasteiger partial charge in [-0.1, -0.05) is 13.8 Å². The Morgan fingerprint density at radius 2 is 2.00 bits per heavy atom. The number of anilines is 1. The minimum atomic E-state index is 0.267. The average molecular weight is 209 g/mol. The minimum absolute atomic E-state index is 0.267. The van der Waals surface area contributed by atoms with Gasteiger partial charge >= 0.3 is 0 Å². The first-order valence-corrected chi connectivity index (χ1v) is 5.08. The molecule has 0 saturated heterocycles. The van der Waals surface area contributed by atoms with E-state index in [2.05, 4.69) is 13.8 Å². The molecule has 1 rings (SSSR count). The molecule has 0 heterocycles. The second-order valence-electron chi connectivity index (χ2n) is 3.95. The van der Waals surface area contributed by atoms with Crippen molar-refractivity contribution in [3.63, 3.8) is 0 Å². The van der Waals surface area contributed by atoms with Crippen molar-refractivity contribution in [3.05, 3.63) is 23.3 Å². The highest BCUT2D eigenvalue weighted by Crippen LogP contribution is 2.30. The van der Waals surface area contributed by atoms with Crippen molar-refractivity contribution in [2.45, 2.75) is 26.7 Å². The fourth-order valence-corrected chi connectivity index (χ4v) is 1.41. The van der Waals surface area contributed by atoms with Gasteiger partial charge in [0, 0.05) is 12.8 Å². The third kappa shape index (κ3) is 2.86. The molecular formula is C12H19NO2. The molecule has 2 N–H and O–H groups in total. The second kappa shape index (κ2) is 5.03. The first-order valence-electron chi connectivity index (χ1n) is 5.08. The number of nitrogens with two attached hydrogens (primary N) is 1. The average Bonchev–Trinajstić information content (AvgIpc) is 2.19. The lowest BCUT2D eigenvalue weighted by molar-refractivity contribution is 0.0502. The molecule has 1 aromatic rings. The first-order chi connectivity index (χ1) is 7.06. The Morgan fingerprint density at radius 1 is 1.33 bits per heavy atom. The van der Waals surface area contributed by atoms with Gasteiger partial charge in [0.25, 0.3) is 0 Å². The Kier molecular flexibility index (Phi) is 3.97. The van der Waals surface area contributed by atoms with E-state index in [0.717, 1.165) is 22.6 Å². The molecule has 0 amide bonds. The second-order valence-corrected chi connectivity index (χ2v) is 3.95. The van der Waals surface area contributed by atoms with Crippen LogP contribution in [0.5, 0.6) is 5.75 Å². The van der Waals surface area contributed by atoms with Crippen LogP contribution in [0.3, 0.4) is 0 Å². The van der Waals surface area contributed by atoms with E-state index in [-0.39, 0.29) is 6.79 Å². The Hall–Kier alpha value is -1.22. The molecule has 0 aliphatic carbocycles. The van der Waals surface area contributed by atoms with E-state index in [9.17, 15) is 0 Å². The molecule has 0 saturated carbocycles. The molecular weight excluding hydrogens is 190 g/mol. The lowest BCUT2D eigenvalue weighted by Crippen LogP contribution is -2.04. The summed E-state index contributed by atoms with van der Waals surface area (Å²) in [5, 5.41) is 0. The summed E-state index contributed by atoms with van der Waals surface area (Å²) in [5.41, 5.74) is 8.83. The van der Waals surface area contributed by atoms with Crippen LogP contribution < -0.4 is 10.5 Å². The lowest BCUT2D eigenvalue weighted by atomic mass is 9.99. The van der Waals surface area contributed by atoms with Gasteiger partial charge in [0.05, 0.1) is 0 Å². The number of aryl methyl sites for hydroxylation is 1. The molecule has 0 unspecified atom stereocenters. The Balaban J connectivity index is 3.04. The Bertz CT molecular complexity index is 335. The summed E-state index contributed by atoms with van der Waals surface area (Å²) >= 11 is 0. The minimum Gasteiger partial charge on any atom is -0.467 e. The molecule has 0 bridgehead atoms. The zero-order chi connectivity index (χ0) is 11.4. The van der Waals surface area contributed by atoms with E-state index in [4.69, 9.17) is 15.2 Å². The van der Waals surface area contributed by atoms with Crippen LogP contribution in [0, 0.1) is 6.92 Å². The van der Waals surface area contributed by atoms with Crippen LogP contribution in [0.2, 0.25) is 0 Å². The van der Waals surface area contributed by atoms with Crippen molar-refractivity contribution >= 4 is 5.69 Å². The van der Waals surface area contributed by atoms with Crippen LogP contribution in [-0.4, -0.2) is 13.9 Å². The number of nitrogen functional groups attached to an aromatic ring is 1. The maximum atomic E-state index is 5.87. The van der Waals surface area contributed by atoms with E-state index >= 15 is 0 Å². The summed E-state index contributed by atoms with van der Waals surface area (Å²) in [6, 6.07) is 3.94. The van der Waals surface area contributed by atoms with E-state index in [1.807, 2.05) is 19.1 Å². The van der Waals surface area contributed by atoms with Crippen molar-refractivity contribution < 1.29 is 9.47 Å². The SMILES string of the molecule is COCOc1cc(C)c(N)cc1C(C)C. The fraction of sp³-hybridized carbons (Fsp3) is 0.500. The monoisotopic (exact) mass is 209 g/mol. The van der Waals surface area contributed by atoms with Crippen molar-refractivity contribution in [2.24, 2.45) is 0 Å². The number of rotatable bonds is 4. The zero-order valence-electron chi connectivity index (χ0n) is 9.83. The molecule has 1 aromatic carbocycles. The zero-order valence-corrected chi connectivity index (χ0v) is 9.83. The number of hydrogen-bond donors (Lipinski definition) is 1. The smallest absolute Gasteiger partial charge is 0.188 e. The number of ether oxygens (including phenoxy) is 2. The van der Waals surface area contributed by atoms with Gasteiger partial charge < -0.3 is 15.2 Å². The molecule has 3 heteroatoms. The highest BCUT2D eigenvalue weighted by atomic mass is 16.7. The molecule has 0 fully saturated rings. The summed E-state index contributed by atoms with van der Waals surface area (Å²) in [4.78, 5) is 0. The van der Waals surface area contributed by atoms with Crippen LogP contribution >= 0.6 is 0 Å². The predicted molar refractivity (Wildman–Crippen MR) is 62.2 cm³/mol. The van der Waals surface area contributed by atoms with Gasteiger partial charge in [-0.05, 0) is 36.1 Å². The predicted octanol–water partition coefficient (Wildman–Crippen LogP) is 2.68. The van der Waals surface area contributed by atoms with Crippen molar-refractivity contribution in [3.8, 4) is 5.75 Å². The van der Waals surface area contributed by atoms with Crippen molar-refractivity contribution in [2.75, 3.05) is 19.6 Å². The molecule has 15 heavy (non-hydrogen) atoms. The third-order valence-electron chi connectivity index (χ3n) is 2.35. The maximum Gasteiger partial charge on any atom is 0.188 e. The van der Waals surface area contributed by atoms with Crippen LogP contribution in [-0.2, 0) is 4.74 Å². The molecule has 3 nitrogen and oxygen atoms in total. The molecule has 0 aliphatic rings. The topological polar surface area (TPSA) is 44.5 Å². The van der Waals surface area contributed by atoms with Gasteiger partial charge in [-0.15, -0.1) is 0 Å². The van der Waals surface area contributed by atoms with Crippen molar-refractivity contribution in [1.29, 1.82) is 0 Å². The molecule has 0 radical (unpaired) electrons. The van der Waals surface area contributed by atoms with Crippen LogP contribution in [0.4, 0.5) is 5.69 Å². The van der Waals surface area contributed by atoms with E-state index in [1.54, 1.807) is 7.11 Å².